The van der Waals surface area contributed by atoms with Crippen LogP contribution in [0.15, 0.2) is 46.9 Å². The molecule has 29 heavy (non-hydrogen) atoms. The molecule has 2 aromatic carbocycles. The van der Waals surface area contributed by atoms with E-state index < -0.39 is 5.82 Å². The molecule has 0 fully saturated rings. The number of halogens is 2. The maximum atomic E-state index is 13.0. The van der Waals surface area contributed by atoms with Crippen molar-refractivity contribution in [1.82, 2.24) is 4.98 Å². The van der Waals surface area contributed by atoms with E-state index in [-0.39, 0.29) is 17.7 Å². The largest absolute Gasteiger partial charge is 0.326 e. The van der Waals surface area contributed by atoms with Crippen LogP contribution in [0, 0.1) is 12.7 Å². The number of nitrogens with one attached hydrogen (secondary N) is 2. The first-order valence-corrected chi connectivity index (χ1v) is 10.6. The molecule has 1 atom stereocenters. The third-order valence-electron chi connectivity index (χ3n) is 4.79. The Labute approximate surface area is 179 Å². The van der Waals surface area contributed by atoms with Gasteiger partial charge in [0.2, 0.25) is 5.91 Å². The lowest BCUT2D eigenvalue weighted by atomic mass is 10.1. The van der Waals surface area contributed by atoms with Gasteiger partial charge < -0.3 is 5.32 Å². The van der Waals surface area contributed by atoms with Gasteiger partial charge in [-0.1, -0.05) is 15.9 Å². The Morgan fingerprint density at radius 1 is 1.17 bits per heavy atom. The summed E-state index contributed by atoms with van der Waals surface area (Å²) in [6.07, 6.45) is 1.44. The topological polar surface area (TPSA) is 71.1 Å². The summed E-state index contributed by atoms with van der Waals surface area (Å²) in [5.74, 6) is -1.21. The molecule has 0 spiro atoms. The van der Waals surface area contributed by atoms with Crippen LogP contribution in [0.1, 0.15) is 38.8 Å². The Bertz CT molecular complexity index is 1100. The van der Waals surface area contributed by atoms with Gasteiger partial charge in [-0.15, -0.1) is 11.3 Å². The molecule has 1 aliphatic rings. The highest BCUT2D eigenvalue weighted by atomic mass is 79.9. The van der Waals surface area contributed by atoms with Gasteiger partial charge in [-0.2, -0.15) is 0 Å². The molecule has 2 N–H and O–H groups in total. The molecule has 8 heteroatoms. The summed E-state index contributed by atoms with van der Waals surface area (Å²) in [5, 5.41) is 6.14. The van der Waals surface area contributed by atoms with Crippen LogP contribution in [0.4, 0.5) is 15.2 Å². The van der Waals surface area contributed by atoms with Gasteiger partial charge in [-0.25, -0.2) is 9.37 Å². The normalized spacial score (nSPS) is 15.1. The summed E-state index contributed by atoms with van der Waals surface area (Å²) in [6, 6.07) is 11.0. The maximum Gasteiger partial charge on any atom is 0.257 e. The third-order valence-corrected chi connectivity index (χ3v) is 6.72. The number of anilines is 2. The zero-order valence-electron chi connectivity index (χ0n) is 15.5. The van der Waals surface area contributed by atoms with Crippen LogP contribution >= 0.6 is 27.3 Å². The number of rotatable bonds is 4. The fourth-order valence-electron chi connectivity index (χ4n) is 3.26. The smallest absolute Gasteiger partial charge is 0.257 e. The Hall–Kier alpha value is -2.58. The summed E-state index contributed by atoms with van der Waals surface area (Å²) in [7, 11) is 0. The summed E-state index contributed by atoms with van der Waals surface area (Å²) in [6.45, 7) is 1.96. The number of benzene rings is 2. The van der Waals surface area contributed by atoms with Crippen molar-refractivity contribution in [3.63, 3.8) is 0 Å². The van der Waals surface area contributed by atoms with Crippen molar-refractivity contribution < 1.29 is 14.0 Å². The van der Waals surface area contributed by atoms with Crippen LogP contribution in [0.5, 0.6) is 0 Å². The monoisotopic (exact) mass is 473 g/mol. The van der Waals surface area contributed by atoms with Gasteiger partial charge in [0, 0.05) is 20.6 Å². The Morgan fingerprint density at radius 3 is 2.66 bits per heavy atom. The van der Waals surface area contributed by atoms with Gasteiger partial charge in [-0.05, 0) is 67.8 Å². The summed E-state index contributed by atoms with van der Waals surface area (Å²) in [4.78, 5) is 30.6. The number of thiazole rings is 1. The number of fused-ring (bicyclic) bond motifs is 1. The minimum atomic E-state index is -0.399. The second-order valence-corrected chi connectivity index (χ2v) is 8.77. The van der Waals surface area contributed by atoms with Gasteiger partial charge in [0.05, 0.1) is 11.6 Å². The SMILES string of the molecule is Cc1cc(NC(=O)C2CCc3sc(NC(=O)c4ccc(F)cc4)nc32)ccc1Br. The minimum Gasteiger partial charge on any atom is -0.326 e. The molecule has 1 unspecified atom stereocenters. The highest BCUT2D eigenvalue weighted by Gasteiger charge is 2.33. The van der Waals surface area contributed by atoms with Crippen molar-refractivity contribution in [3.05, 3.63) is 74.5 Å². The average molecular weight is 474 g/mol. The molecular formula is C21H17BrFN3O2S. The van der Waals surface area contributed by atoms with E-state index in [0.29, 0.717) is 17.1 Å². The lowest BCUT2D eigenvalue weighted by molar-refractivity contribution is -0.117. The number of aryl methyl sites for hydroxylation is 2. The minimum absolute atomic E-state index is 0.104. The molecule has 0 radical (unpaired) electrons. The molecule has 2 amide bonds. The van der Waals surface area contributed by atoms with Crippen LogP contribution in [-0.2, 0) is 11.2 Å². The summed E-state index contributed by atoms with van der Waals surface area (Å²) < 4.78 is 14.0. The second-order valence-electron chi connectivity index (χ2n) is 6.83. The highest BCUT2D eigenvalue weighted by molar-refractivity contribution is 9.10. The molecular weight excluding hydrogens is 457 g/mol. The van der Waals surface area contributed by atoms with Crippen molar-refractivity contribution in [1.29, 1.82) is 0 Å². The fraction of sp³-hybridized carbons (Fsp3) is 0.190. The number of aromatic nitrogens is 1. The van der Waals surface area contributed by atoms with Crippen molar-refractivity contribution in [2.24, 2.45) is 0 Å². The molecule has 3 aromatic rings. The maximum absolute atomic E-state index is 13.0. The quantitative estimate of drug-likeness (QED) is 0.541. The van der Waals surface area contributed by atoms with Crippen LogP contribution in [0.25, 0.3) is 0 Å². The molecule has 0 saturated carbocycles. The predicted molar refractivity (Wildman–Crippen MR) is 115 cm³/mol. The molecule has 0 aliphatic heterocycles. The average Bonchev–Trinajstić information content (AvgIpc) is 3.25. The molecule has 1 aromatic heterocycles. The zero-order valence-corrected chi connectivity index (χ0v) is 17.9. The van der Waals surface area contributed by atoms with Crippen molar-refractivity contribution in [2.45, 2.75) is 25.7 Å². The molecule has 1 heterocycles. The number of amides is 2. The fourth-order valence-corrected chi connectivity index (χ4v) is 4.54. The molecule has 5 nitrogen and oxygen atoms in total. The number of hydrogen-bond donors (Lipinski definition) is 2. The molecule has 148 valence electrons. The van der Waals surface area contributed by atoms with Crippen LogP contribution < -0.4 is 10.6 Å². The van der Waals surface area contributed by atoms with Crippen molar-refractivity contribution in [3.8, 4) is 0 Å². The lowest BCUT2D eigenvalue weighted by Crippen LogP contribution is -2.20. The number of carbonyl (C=O) groups excluding carboxylic acids is 2. The number of hydrogen-bond acceptors (Lipinski definition) is 4. The van der Waals surface area contributed by atoms with E-state index in [1.807, 2.05) is 25.1 Å². The first kappa shape index (κ1) is 19.7. The Balaban J connectivity index is 1.46. The van der Waals surface area contributed by atoms with Gasteiger partial charge in [0.1, 0.15) is 5.82 Å². The van der Waals surface area contributed by atoms with E-state index in [1.54, 1.807) is 0 Å². The van der Waals surface area contributed by atoms with Crippen molar-refractivity contribution >= 4 is 49.9 Å². The van der Waals surface area contributed by atoms with Crippen LogP contribution in [0.3, 0.4) is 0 Å². The van der Waals surface area contributed by atoms with E-state index in [1.165, 1.54) is 35.6 Å². The number of nitrogens with zero attached hydrogens (tertiary/aromatic N) is 1. The first-order valence-electron chi connectivity index (χ1n) is 9.04. The zero-order chi connectivity index (χ0) is 20.5. The summed E-state index contributed by atoms with van der Waals surface area (Å²) in [5.41, 5.74) is 2.84. The van der Waals surface area contributed by atoms with Gasteiger partial charge in [0.15, 0.2) is 5.13 Å². The molecule has 0 bridgehead atoms. The third kappa shape index (κ3) is 4.23. The van der Waals surface area contributed by atoms with Crippen molar-refractivity contribution in [2.75, 3.05) is 10.6 Å². The van der Waals surface area contributed by atoms with E-state index in [2.05, 4.69) is 31.5 Å². The lowest BCUT2D eigenvalue weighted by Gasteiger charge is -2.11. The Kier molecular flexibility index (Phi) is 5.47. The van der Waals surface area contributed by atoms with E-state index in [4.69, 9.17) is 0 Å². The van der Waals surface area contributed by atoms with E-state index >= 15 is 0 Å². The van der Waals surface area contributed by atoms with Crippen LogP contribution in [-0.4, -0.2) is 16.8 Å². The van der Waals surface area contributed by atoms with Gasteiger partial charge in [-0.3, -0.25) is 14.9 Å². The summed E-state index contributed by atoms with van der Waals surface area (Å²) >= 11 is 4.83. The molecule has 4 rings (SSSR count). The second kappa shape index (κ2) is 8.04. The van der Waals surface area contributed by atoms with E-state index in [9.17, 15) is 14.0 Å². The highest BCUT2D eigenvalue weighted by Crippen LogP contribution is 2.39. The Morgan fingerprint density at radius 2 is 1.93 bits per heavy atom. The first-order chi connectivity index (χ1) is 13.9. The number of carbonyl (C=O) groups is 2. The predicted octanol–water partition coefficient (Wildman–Crippen LogP) is 5.27. The van der Waals surface area contributed by atoms with Crippen LogP contribution in [0.2, 0.25) is 0 Å². The molecule has 0 saturated heterocycles. The van der Waals surface area contributed by atoms with Gasteiger partial charge >= 0.3 is 0 Å². The standard InChI is InChI=1S/C21H17BrFN3O2S/c1-11-10-14(6-8-16(11)22)24-20(28)15-7-9-17-18(15)25-21(29-17)26-19(27)12-2-4-13(23)5-3-12/h2-6,8,10,15H,7,9H2,1H3,(H,24,28)(H,25,26,27). The molecule has 1 aliphatic carbocycles. The van der Waals surface area contributed by atoms with E-state index in [0.717, 1.165) is 32.7 Å². The van der Waals surface area contributed by atoms with Gasteiger partial charge in [0.25, 0.3) is 5.91 Å².